The molecule has 0 spiro atoms. The highest BCUT2D eigenvalue weighted by atomic mass is 16.1. The zero-order valence-electron chi connectivity index (χ0n) is 11.6. The minimum Gasteiger partial charge on any atom is -0.399 e. The van der Waals surface area contributed by atoms with Crippen LogP contribution in [-0.4, -0.2) is 5.91 Å². The predicted molar refractivity (Wildman–Crippen MR) is 82.3 cm³/mol. The first-order valence-corrected chi connectivity index (χ1v) is 6.47. The fraction of sp³-hybridized carbons (Fsp3) is 0.125. The molecule has 1 unspecified atom stereocenters. The van der Waals surface area contributed by atoms with Gasteiger partial charge in [0.05, 0.1) is 23.2 Å². The molecule has 5 N–H and O–H groups in total. The summed E-state index contributed by atoms with van der Waals surface area (Å²) in [6, 6.07) is 13.7. The highest BCUT2D eigenvalue weighted by Crippen LogP contribution is 2.18. The lowest BCUT2D eigenvalue weighted by atomic mass is 10.1. The summed E-state index contributed by atoms with van der Waals surface area (Å²) in [7, 11) is 0. The fourth-order valence-electron chi connectivity index (χ4n) is 1.99. The Bertz CT molecular complexity index is 701. The minimum atomic E-state index is -0.260. The van der Waals surface area contributed by atoms with Crippen molar-refractivity contribution in [3.8, 4) is 6.07 Å². The van der Waals surface area contributed by atoms with Crippen LogP contribution in [0.2, 0.25) is 0 Å². The molecule has 0 aliphatic heterocycles. The molecule has 0 fully saturated rings. The second kappa shape index (κ2) is 5.97. The maximum atomic E-state index is 12.2. The monoisotopic (exact) mass is 280 g/mol. The van der Waals surface area contributed by atoms with E-state index in [1.54, 1.807) is 30.3 Å². The van der Waals surface area contributed by atoms with Gasteiger partial charge in [-0.2, -0.15) is 5.26 Å². The number of anilines is 2. The number of amides is 1. The highest BCUT2D eigenvalue weighted by molar-refractivity contribution is 5.99. The van der Waals surface area contributed by atoms with E-state index in [1.165, 1.54) is 0 Å². The Morgan fingerprint density at radius 2 is 1.86 bits per heavy atom. The molecule has 0 aromatic heterocycles. The van der Waals surface area contributed by atoms with Gasteiger partial charge in [-0.25, -0.2) is 0 Å². The van der Waals surface area contributed by atoms with Gasteiger partial charge in [-0.05, 0) is 42.8 Å². The molecule has 2 rings (SSSR count). The van der Waals surface area contributed by atoms with Crippen LogP contribution in [0.5, 0.6) is 0 Å². The average Bonchev–Trinajstić information content (AvgIpc) is 2.47. The van der Waals surface area contributed by atoms with Gasteiger partial charge in [0.2, 0.25) is 0 Å². The van der Waals surface area contributed by atoms with Crippen LogP contribution >= 0.6 is 0 Å². The lowest BCUT2D eigenvalue weighted by molar-refractivity contribution is 0.0941. The van der Waals surface area contributed by atoms with Gasteiger partial charge in [-0.1, -0.05) is 12.1 Å². The van der Waals surface area contributed by atoms with E-state index >= 15 is 0 Å². The third-order valence-electron chi connectivity index (χ3n) is 3.21. The first-order valence-electron chi connectivity index (χ1n) is 6.47. The smallest absolute Gasteiger partial charge is 0.253 e. The Morgan fingerprint density at radius 3 is 2.43 bits per heavy atom. The Hall–Kier alpha value is -3.00. The van der Waals surface area contributed by atoms with Crippen LogP contribution < -0.4 is 16.8 Å². The number of benzene rings is 2. The summed E-state index contributed by atoms with van der Waals surface area (Å²) < 4.78 is 0. The number of nitrogens with two attached hydrogens (primary N) is 2. The fourth-order valence-corrected chi connectivity index (χ4v) is 1.99. The van der Waals surface area contributed by atoms with Crippen LogP contribution in [0.25, 0.3) is 0 Å². The molecule has 1 atom stereocenters. The van der Waals surface area contributed by atoms with Crippen molar-refractivity contribution in [2.75, 3.05) is 11.5 Å². The molecule has 0 saturated heterocycles. The van der Waals surface area contributed by atoms with Crippen LogP contribution in [0, 0.1) is 11.3 Å². The van der Waals surface area contributed by atoms with Gasteiger partial charge in [0.15, 0.2) is 0 Å². The van der Waals surface area contributed by atoms with Crippen molar-refractivity contribution < 1.29 is 4.79 Å². The van der Waals surface area contributed by atoms with Gasteiger partial charge in [-0.3, -0.25) is 4.79 Å². The molecule has 5 heteroatoms. The minimum absolute atomic E-state index is 0.192. The topological polar surface area (TPSA) is 105 Å². The Labute approximate surface area is 123 Å². The molecule has 0 bridgehead atoms. The average molecular weight is 280 g/mol. The lowest BCUT2D eigenvalue weighted by Crippen LogP contribution is -2.27. The summed E-state index contributed by atoms with van der Waals surface area (Å²) >= 11 is 0. The van der Waals surface area contributed by atoms with Crippen molar-refractivity contribution in [2.24, 2.45) is 0 Å². The lowest BCUT2D eigenvalue weighted by Gasteiger charge is -2.15. The van der Waals surface area contributed by atoms with Crippen LogP contribution in [0.15, 0.2) is 42.5 Å². The summed E-state index contributed by atoms with van der Waals surface area (Å²) in [6.07, 6.45) is 0. The summed E-state index contributed by atoms with van der Waals surface area (Å²) in [5, 5.41) is 11.6. The summed E-state index contributed by atoms with van der Waals surface area (Å²) in [5.41, 5.74) is 14.2. The van der Waals surface area contributed by atoms with Gasteiger partial charge >= 0.3 is 0 Å². The molecule has 0 radical (unpaired) electrons. The zero-order valence-corrected chi connectivity index (χ0v) is 11.6. The third-order valence-corrected chi connectivity index (χ3v) is 3.21. The van der Waals surface area contributed by atoms with E-state index in [9.17, 15) is 4.79 Å². The van der Waals surface area contributed by atoms with Crippen molar-refractivity contribution >= 4 is 17.3 Å². The van der Waals surface area contributed by atoms with Crippen molar-refractivity contribution in [1.82, 2.24) is 5.32 Å². The maximum absolute atomic E-state index is 12.2. The van der Waals surface area contributed by atoms with Crippen molar-refractivity contribution in [1.29, 1.82) is 5.26 Å². The van der Waals surface area contributed by atoms with Crippen LogP contribution in [0.4, 0.5) is 11.4 Å². The number of hydrogen-bond donors (Lipinski definition) is 3. The van der Waals surface area contributed by atoms with Gasteiger partial charge < -0.3 is 16.8 Å². The number of hydrogen-bond acceptors (Lipinski definition) is 4. The number of nitrogens with zero attached hydrogens (tertiary/aromatic N) is 1. The molecule has 2 aromatic carbocycles. The number of carbonyl (C=O) groups excluding carboxylic acids is 1. The van der Waals surface area contributed by atoms with Crippen LogP contribution in [0.1, 0.15) is 34.5 Å². The summed E-state index contributed by atoms with van der Waals surface area (Å²) in [4.78, 5) is 12.2. The van der Waals surface area contributed by atoms with Gasteiger partial charge in [-0.15, -0.1) is 0 Å². The molecule has 0 saturated carbocycles. The van der Waals surface area contributed by atoms with Gasteiger partial charge in [0.25, 0.3) is 5.91 Å². The SMILES string of the molecule is CC(NC(=O)c1ccc(N)cc1N)c1ccc(C#N)cc1. The van der Waals surface area contributed by atoms with Crippen molar-refractivity contribution in [3.05, 3.63) is 59.2 Å². The van der Waals surface area contributed by atoms with Gasteiger partial charge in [0.1, 0.15) is 0 Å². The van der Waals surface area contributed by atoms with E-state index in [2.05, 4.69) is 11.4 Å². The maximum Gasteiger partial charge on any atom is 0.253 e. The Balaban J connectivity index is 2.13. The third kappa shape index (κ3) is 3.31. The molecule has 106 valence electrons. The van der Waals surface area contributed by atoms with Crippen molar-refractivity contribution in [3.63, 3.8) is 0 Å². The molecule has 0 aliphatic carbocycles. The molecular weight excluding hydrogens is 264 g/mol. The van der Waals surface area contributed by atoms with Crippen LogP contribution in [-0.2, 0) is 0 Å². The number of carbonyl (C=O) groups is 1. The van der Waals surface area contributed by atoms with E-state index in [-0.39, 0.29) is 11.9 Å². The first kappa shape index (κ1) is 14.4. The van der Waals surface area contributed by atoms with Crippen molar-refractivity contribution in [2.45, 2.75) is 13.0 Å². The standard InChI is InChI=1S/C16H16N4O/c1-10(12-4-2-11(9-17)3-5-12)20-16(21)14-7-6-13(18)8-15(14)19/h2-8,10H,18-19H2,1H3,(H,20,21). The van der Waals surface area contributed by atoms with E-state index < -0.39 is 0 Å². The second-order valence-electron chi connectivity index (χ2n) is 4.78. The predicted octanol–water partition coefficient (Wildman–Crippen LogP) is 2.21. The molecule has 5 nitrogen and oxygen atoms in total. The molecule has 1 amide bonds. The van der Waals surface area contributed by atoms with E-state index in [0.717, 1.165) is 5.56 Å². The number of nitriles is 1. The van der Waals surface area contributed by atoms with E-state index in [0.29, 0.717) is 22.5 Å². The molecule has 0 heterocycles. The quantitative estimate of drug-likeness (QED) is 0.749. The number of rotatable bonds is 3. The summed E-state index contributed by atoms with van der Waals surface area (Å²) in [6.45, 7) is 1.87. The normalized spacial score (nSPS) is 11.4. The molecule has 21 heavy (non-hydrogen) atoms. The molecular formula is C16H16N4O. The molecule has 2 aromatic rings. The van der Waals surface area contributed by atoms with E-state index in [1.807, 2.05) is 19.1 Å². The Morgan fingerprint density at radius 1 is 1.19 bits per heavy atom. The largest absolute Gasteiger partial charge is 0.399 e. The van der Waals surface area contributed by atoms with Gasteiger partial charge in [0, 0.05) is 11.4 Å². The van der Waals surface area contributed by atoms with Crippen LogP contribution in [0.3, 0.4) is 0 Å². The highest BCUT2D eigenvalue weighted by Gasteiger charge is 2.14. The number of nitrogens with one attached hydrogen (secondary N) is 1. The van der Waals surface area contributed by atoms with E-state index in [4.69, 9.17) is 16.7 Å². The zero-order chi connectivity index (χ0) is 15.4. The Kier molecular flexibility index (Phi) is 4.10. The summed E-state index contributed by atoms with van der Waals surface area (Å²) in [5.74, 6) is -0.260. The number of nitrogen functional groups attached to an aromatic ring is 2. The molecule has 0 aliphatic rings. The first-order chi connectivity index (χ1) is 10.0. The second-order valence-corrected chi connectivity index (χ2v) is 4.78.